The van der Waals surface area contributed by atoms with Crippen molar-refractivity contribution in [2.24, 2.45) is 0 Å². The molecule has 0 saturated carbocycles. The zero-order chi connectivity index (χ0) is 4.28. The summed E-state index contributed by atoms with van der Waals surface area (Å²) in [5.41, 5.74) is 0. The van der Waals surface area contributed by atoms with Crippen LogP contribution in [0.1, 0.15) is 0 Å². The van der Waals surface area contributed by atoms with Crippen LogP contribution in [0.3, 0.4) is 0 Å². The number of hydroxylamine groups is 2. The number of hydrogen-bond acceptors (Lipinski definition) is 4. The Bertz CT molecular complexity index is 20.9. The van der Waals surface area contributed by atoms with E-state index in [1.807, 2.05) is 0 Å². The summed E-state index contributed by atoms with van der Waals surface area (Å²) in [4.78, 5) is 3.03. The molecular weight excluding hydrogens is 74.0 g/mol. The molecule has 5 heavy (non-hydrogen) atoms. The Morgan fingerprint density at radius 3 is 2.20 bits per heavy atom. The average molecular weight is 78.0 g/mol. The summed E-state index contributed by atoms with van der Waals surface area (Å²) in [5.74, 6) is 0. The highest BCUT2D eigenvalue weighted by molar-refractivity contribution is 4.16. The molecule has 0 amide bonds. The van der Waals surface area contributed by atoms with E-state index in [2.05, 4.69) is 4.99 Å². The predicted molar refractivity (Wildman–Crippen MR) is 14.8 cm³/mol. The van der Waals surface area contributed by atoms with E-state index in [-0.39, 0.29) is 5.23 Å². The van der Waals surface area contributed by atoms with Crippen molar-refractivity contribution in [3.8, 4) is 0 Å². The van der Waals surface area contributed by atoms with Crippen molar-refractivity contribution in [1.82, 2.24) is 5.23 Å². The summed E-state index contributed by atoms with van der Waals surface area (Å²) in [7, 11) is 1.03. The highest BCUT2D eigenvalue weighted by Crippen LogP contribution is 1.66. The summed E-state index contributed by atoms with van der Waals surface area (Å²) in [5, 5.41) is 16.4. The van der Waals surface area contributed by atoms with Gasteiger partial charge in [0.15, 0.2) is 0 Å². The standard InChI is InChI=1S/CH4NO3/c1-2(3)5-4/h4H,1H3/q-1. The van der Waals surface area contributed by atoms with Crippen LogP contribution in [0.5, 0.6) is 0 Å². The van der Waals surface area contributed by atoms with Crippen LogP contribution in [0, 0.1) is 5.21 Å². The highest BCUT2D eigenvalue weighted by atomic mass is 17.2. The van der Waals surface area contributed by atoms with Crippen molar-refractivity contribution in [3.63, 3.8) is 0 Å². The third-order valence-electron chi connectivity index (χ3n) is 0.115. The minimum absolute atomic E-state index is 0.0694. The van der Waals surface area contributed by atoms with Crippen LogP contribution >= 0.6 is 0 Å². The van der Waals surface area contributed by atoms with E-state index >= 15 is 0 Å². The van der Waals surface area contributed by atoms with Gasteiger partial charge in [-0.25, -0.2) is 10.5 Å². The topological polar surface area (TPSA) is 55.8 Å². The maximum absolute atomic E-state index is 9.26. The van der Waals surface area contributed by atoms with Crippen molar-refractivity contribution in [1.29, 1.82) is 0 Å². The van der Waals surface area contributed by atoms with E-state index in [1.54, 1.807) is 0 Å². The predicted octanol–water partition coefficient (Wildman–Crippen LogP) is -0.179. The van der Waals surface area contributed by atoms with Crippen LogP contribution < -0.4 is 0 Å². The summed E-state index contributed by atoms with van der Waals surface area (Å²) in [6.45, 7) is 0. The summed E-state index contributed by atoms with van der Waals surface area (Å²) >= 11 is 0. The molecule has 0 unspecified atom stereocenters. The fraction of sp³-hybridized carbons (Fsp3) is 1.00. The van der Waals surface area contributed by atoms with E-state index in [0.29, 0.717) is 0 Å². The molecule has 0 aromatic heterocycles. The van der Waals surface area contributed by atoms with Gasteiger partial charge >= 0.3 is 0 Å². The second-order valence-corrected chi connectivity index (χ2v) is 0.521. The van der Waals surface area contributed by atoms with Crippen LogP contribution in [0.25, 0.3) is 0 Å². The fourth-order valence-corrected chi connectivity index (χ4v) is 0. The van der Waals surface area contributed by atoms with E-state index in [9.17, 15) is 5.21 Å². The Morgan fingerprint density at radius 1 is 2.00 bits per heavy atom. The lowest BCUT2D eigenvalue weighted by atomic mass is 11.5. The summed E-state index contributed by atoms with van der Waals surface area (Å²) < 4.78 is 0. The van der Waals surface area contributed by atoms with Crippen molar-refractivity contribution < 1.29 is 10.2 Å². The van der Waals surface area contributed by atoms with Gasteiger partial charge in [-0.2, -0.15) is 4.99 Å². The van der Waals surface area contributed by atoms with Crippen LogP contribution in [0.2, 0.25) is 0 Å². The van der Waals surface area contributed by atoms with E-state index in [0.717, 1.165) is 7.05 Å². The smallest absolute Gasteiger partial charge is 0.00215 e. The molecule has 0 bridgehead atoms. The average Bonchev–Trinajstić information content (AvgIpc) is 1.38. The Morgan fingerprint density at radius 2 is 2.20 bits per heavy atom. The van der Waals surface area contributed by atoms with E-state index in [1.165, 1.54) is 0 Å². The molecule has 0 heterocycles. The molecule has 1 N–H and O–H groups in total. The fourth-order valence-electron chi connectivity index (χ4n) is 0. The zero-order valence-corrected chi connectivity index (χ0v) is 2.71. The molecular formula is CH4NO3-. The molecule has 0 spiro atoms. The van der Waals surface area contributed by atoms with E-state index in [4.69, 9.17) is 5.26 Å². The van der Waals surface area contributed by atoms with Gasteiger partial charge in [-0.15, -0.1) is 0 Å². The second-order valence-electron chi connectivity index (χ2n) is 0.521. The van der Waals surface area contributed by atoms with Gasteiger partial charge in [0, 0.05) is 7.05 Å². The van der Waals surface area contributed by atoms with Crippen molar-refractivity contribution in [3.05, 3.63) is 5.21 Å². The Kier molecular flexibility index (Phi) is 2.03. The molecule has 0 radical (unpaired) electrons. The molecule has 0 aromatic rings. The lowest BCUT2D eigenvalue weighted by Gasteiger charge is -2.13. The molecule has 4 heteroatoms. The highest BCUT2D eigenvalue weighted by Gasteiger charge is 1.62. The summed E-state index contributed by atoms with van der Waals surface area (Å²) in [6, 6.07) is 0. The lowest BCUT2D eigenvalue weighted by Crippen LogP contribution is -2.05. The molecule has 0 aliphatic rings. The van der Waals surface area contributed by atoms with Crippen molar-refractivity contribution >= 4 is 0 Å². The van der Waals surface area contributed by atoms with Crippen LogP contribution in [-0.4, -0.2) is 17.5 Å². The van der Waals surface area contributed by atoms with Gasteiger partial charge in [-0.05, 0) is 0 Å². The first-order valence-corrected chi connectivity index (χ1v) is 0.995. The van der Waals surface area contributed by atoms with Crippen LogP contribution in [-0.2, 0) is 4.99 Å². The third kappa shape index (κ3) is 3.84. The Balaban J connectivity index is 2.54. The molecule has 0 aliphatic heterocycles. The van der Waals surface area contributed by atoms with Gasteiger partial charge < -0.3 is 5.21 Å². The van der Waals surface area contributed by atoms with Gasteiger partial charge in [0.1, 0.15) is 0 Å². The minimum Gasteiger partial charge on any atom is -0.760 e. The van der Waals surface area contributed by atoms with Gasteiger partial charge in [-0.1, -0.05) is 0 Å². The molecule has 0 fully saturated rings. The quantitative estimate of drug-likeness (QED) is 0.349. The zero-order valence-electron chi connectivity index (χ0n) is 2.71. The monoisotopic (exact) mass is 78.0 g/mol. The molecule has 4 nitrogen and oxygen atoms in total. The minimum atomic E-state index is -0.0694. The summed E-state index contributed by atoms with van der Waals surface area (Å²) in [6.07, 6.45) is 0. The molecule has 0 aliphatic carbocycles. The van der Waals surface area contributed by atoms with Gasteiger partial charge in [0.25, 0.3) is 0 Å². The molecule has 0 rings (SSSR count). The van der Waals surface area contributed by atoms with Gasteiger partial charge in [-0.3, -0.25) is 0 Å². The second kappa shape index (κ2) is 2.10. The van der Waals surface area contributed by atoms with Gasteiger partial charge in [0.05, 0.1) is 0 Å². The Labute approximate surface area is 29.0 Å². The van der Waals surface area contributed by atoms with Crippen LogP contribution in [0.15, 0.2) is 0 Å². The maximum atomic E-state index is 9.26. The number of nitrogens with zero attached hydrogens (tertiary/aromatic N) is 1. The first-order chi connectivity index (χ1) is 2.27. The maximum Gasteiger partial charge on any atom is 0.00215 e. The SMILES string of the molecule is CN([O-])OO. The van der Waals surface area contributed by atoms with Crippen molar-refractivity contribution in [2.75, 3.05) is 7.05 Å². The first-order valence-electron chi connectivity index (χ1n) is 0.995. The number of hydrogen-bond donors (Lipinski definition) is 1. The molecule has 0 aromatic carbocycles. The van der Waals surface area contributed by atoms with Gasteiger partial charge in [0.2, 0.25) is 0 Å². The van der Waals surface area contributed by atoms with E-state index < -0.39 is 0 Å². The third-order valence-corrected chi connectivity index (χ3v) is 0.115. The molecule has 0 atom stereocenters. The Hall–Kier alpha value is -0.160. The normalized spacial score (nSPS) is 9.60. The van der Waals surface area contributed by atoms with Crippen molar-refractivity contribution in [2.45, 2.75) is 0 Å². The molecule has 32 valence electrons. The van der Waals surface area contributed by atoms with Crippen LogP contribution in [0.4, 0.5) is 0 Å². The molecule has 0 saturated heterocycles. The number of rotatable bonds is 1. The lowest BCUT2D eigenvalue weighted by molar-refractivity contribution is -0.369. The first kappa shape index (κ1) is 4.84. The largest absolute Gasteiger partial charge is 0.760 e.